The first-order valence-electron chi connectivity index (χ1n) is 9.92. The minimum absolute atomic E-state index is 0.00947. The molecule has 2 atom stereocenters. The predicted molar refractivity (Wildman–Crippen MR) is 108 cm³/mol. The maximum atomic E-state index is 12.5. The predicted octanol–water partition coefficient (Wildman–Crippen LogP) is 2.76. The van der Waals surface area contributed by atoms with Gasteiger partial charge in [-0.25, -0.2) is 0 Å². The lowest BCUT2D eigenvalue weighted by atomic mass is 9.98. The molecule has 2 fully saturated rings. The van der Waals surface area contributed by atoms with Crippen molar-refractivity contribution in [2.24, 2.45) is 10.9 Å². The zero-order chi connectivity index (χ0) is 20.0. The van der Waals surface area contributed by atoms with Crippen LogP contribution in [0.2, 0.25) is 0 Å². The highest BCUT2D eigenvalue weighted by Gasteiger charge is 2.34. The number of hydrogen-bond donors (Lipinski definition) is 2. The average molecular weight is 418 g/mol. The molecule has 2 N–H and O–H groups in total. The summed E-state index contributed by atoms with van der Waals surface area (Å²) in [5.74, 6) is 1.24. The number of nitrogens with one attached hydrogen (secondary N) is 2. The van der Waals surface area contributed by atoms with Gasteiger partial charge in [0.05, 0.1) is 6.54 Å². The summed E-state index contributed by atoms with van der Waals surface area (Å²) in [6.45, 7) is 4.08. The van der Waals surface area contributed by atoms with Crippen LogP contribution in [-0.2, 0) is 6.54 Å². The molecule has 1 aromatic rings. The van der Waals surface area contributed by atoms with Crippen molar-refractivity contribution in [1.82, 2.24) is 20.4 Å². The van der Waals surface area contributed by atoms with Gasteiger partial charge < -0.3 is 10.6 Å². The van der Waals surface area contributed by atoms with Crippen molar-refractivity contribution >= 4 is 17.3 Å². The summed E-state index contributed by atoms with van der Waals surface area (Å²) in [6.07, 6.45) is -1.05. The summed E-state index contributed by atoms with van der Waals surface area (Å²) < 4.78 is 37.6. The standard InChI is InChI=1S/C19H30F3N5S/c1-23-18(25-16-6-8-27(12-16)14-19(20,21)22)24-10-15-4-2-7-26(11-15)13-17-5-3-9-28-17/h3,5,9,15-16H,2,4,6-8,10-14H2,1H3,(H2,23,24,25). The number of thiophene rings is 1. The van der Waals surface area contributed by atoms with Gasteiger partial charge in [-0.05, 0) is 43.2 Å². The molecule has 0 spiro atoms. The third-order valence-corrected chi connectivity index (χ3v) is 6.22. The van der Waals surface area contributed by atoms with Crippen LogP contribution < -0.4 is 10.6 Å². The van der Waals surface area contributed by atoms with E-state index in [1.165, 1.54) is 22.6 Å². The van der Waals surface area contributed by atoms with E-state index in [1.807, 2.05) is 0 Å². The maximum Gasteiger partial charge on any atom is 0.401 e. The lowest BCUT2D eigenvalue weighted by Crippen LogP contribution is -2.48. The molecule has 2 aliphatic heterocycles. The van der Waals surface area contributed by atoms with Crippen molar-refractivity contribution in [2.75, 3.05) is 46.3 Å². The van der Waals surface area contributed by atoms with Crippen molar-refractivity contribution in [3.05, 3.63) is 22.4 Å². The van der Waals surface area contributed by atoms with Crippen molar-refractivity contribution in [3.8, 4) is 0 Å². The summed E-state index contributed by atoms with van der Waals surface area (Å²) in [5.41, 5.74) is 0. The van der Waals surface area contributed by atoms with Gasteiger partial charge in [0.15, 0.2) is 5.96 Å². The van der Waals surface area contributed by atoms with Crippen LogP contribution in [0.5, 0.6) is 0 Å². The van der Waals surface area contributed by atoms with Crippen LogP contribution in [-0.4, -0.2) is 74.3 Å². The fourth-order valence-electron chi connectivity index (χ4n) is 4.06. The highest BCUT2D eigenvalue weighted by atomic mass is 32.1. The summed E-state index contributed by atoms with van der Waals surface area (Å²) >= 11 is 1.80. The Kier molecular flexibility index (Phi) is 7.59. The normalized spacial score (nSPS) is 25.2. The van der Waals surface area contributed by atoms with Crippen molar-refractivity contribution < 1.29 is 13.2 Å². The summed E-state index contributed by atoms with van der Waals surface area (Å²) in [7, 11) is 1.71. The van der Waals surface area contributed by atoms with E-state index in [0.717, 1.165) is 26.2 Å². The van der Waals surface area contributed by atoms with Crippen LogP contribution in [0.25, 0.3) is 0 Å². The molecule has 0 bridgehead atoms. The van der Waals surface area contributed by atoms with Crippen LogP contribution in [0.1, 0.15) is 24.1 Å². The van der Waals surface area contributed by atoms with E-state index in [4.69, 9.17) is 0 Å². The first-order chi connectivity index (χ1) is 13.4. The second-order valence-corrected chi connectivity index (χ2v) is 8.79. The largest absolute Gasteiger partial charge is 0.401 e. The summed E-state index contributed by atoms with van der Waals surface area (Å²) in [6, 6.07) is 4.29. The van der Waals surface area contributed by atoms with Crippen molar-refractivity contribution in [3.63, 3.8) is 0 Å². The highest BCUT2D eigenvalue weighted by Crippen LogP contribution is 2.21. The lowest BCUT2D eigenvalue weighted by Gasteiger charge is -2.33. The Morgan fingerprint density at radius 3 is 2.82 bits per heavy atom. The van der Waals surface area contributed by atoms with Gasteiger partial charge in [-0.3, -0.25) is 14.8 Å². The number of hydrogen-bond acceptors (Lipinski definition) is 4. The zero-order valence-corrected chi connectivity index (χ0v) is 17.2. The summed E-state index contributed by atoms with van der Waals surface area (Å²) in [4.78, 5) is 9.61. The topological polar surface area (TPSA) is 42.9 Å². The fourth-order valence-corrected chi connectivity index (χ4v) is 4.81. The van der Waals surface area contributed by atoms with Gasteiger partial charge in [0.1, 0.15) is 0 Å². The van der Waals surface area contributed by atoms with Crippen molar-refractivity contribution in [1.29, 1.82) is 0 Å². The molecule has 2 aliphatic rings. The van der Waals surface area contributed by atoms with Gasteiger partial charge in [-0.2, -0.15) is 13.2 Å². The minimum Gasteiger partial charge on any atom is -0.356 e. The maximum absolute atomic E-state index is 12.5. The second-order valence-electron chi connectivity index (χ2n) is 7.76. The molecule has 0 amide bonds. The third kappa shape index (κ3) is 6.93. The Hall–Kier alpha value is -1.32. The number of alkyl halides is 3. The van der Waals surface area contributed by atoms with Gasteiger partial charge in [-0.15, -0.1) is 11.3 Å². The van der Waals surface area contributed by atoms with Gasteiger partial charge in [0, 0.05) is 50.7 Å². The third-order valence-electron chi connectivity index (χ3n) is 5.36. The van der Waals surface area contributed by atoms with E-state index in [9.17, 15) is 13.2 Å². The van der Waals surface area contributed by atoms with Crippen LogP contribution in [0.3, 0.4) is 0 Å². The average Bonchev–Trinajstić information content (AvgIpc) is 3.29. The molecule has 0 aliphatic carbocycles. The molecule has 28 heavy (non-hydrogen) atoms. The van der Waals surface area contributed by atoms with E-state index in [2.05, 4.69) is 38.0 Å². The summed E-state index contributed by atoms with van der Waals surface area (Å²) in [5, 5.41) is 8.79. The molecule has 2 unspecified atom stereocenters. The van der Waals surface area contributed by atoms with E-state index in [-0.39, 0.29) is 6.04 Å². The zero-order valence-electron chi connectivity index (χ0n) is 16.3. The molecule has 0 saturated carbocycles. The Morgan fingerprint density at radius 1 is 1.25 bits per heavy atom. The first kappa shape index (κ1) is 21.4. The van der Waals surface area contributed by atoms with Gasteiger partial charge in [0.25, 0.3) is 0 Å². The molecule has 2 saturated heterocycles. The fraction of sp³-hybridized carbons (Fsp3) is 0.737. The number of guanidine groups is 1. The van der Waals surface area contributed by atoms with Crippen LogP contribution in [0, 0.1) is 5.92 Å². The van der Waals surface area contributed by atoms with Gasteiger partial charge >= 0.3 is 6.18 Å². The van der Waals surface area contributed by atoms with Gasteiger partial charge in [-0.1, -0.05) is 6.07 Å². The smallest absolute Gasteiger partial charge is 0.356 e. The number of likely N-dealkylation sites (tertiary alicyclic amines) is 2. The van der Waals surface area contributed by atoms with Gasteiger partial charge in [0.2, 0.25) is 0 Å². The molecule has 0 radical (unpaired) electrons. The lowest BCUT2D eigenvalue weighted by molar-refractivity contribution is -0.143. The Labute approximate surface area is 169 Å². The monoisotopic (exact) mass is 417 g/mol. The van der Waals surface area contributed by atoms with Crippen LogP contribution in [0.15, 0.2) is 22.5 Å². The highest BCUT2D eigenvalue weighted by molar-refractivity contribution is 7.09. The molecule has 3 rings (SSSR count). The minimum atomic E-state index is -4.13. The first-order valence-corrected chi connectivity index (χ1v) is 10.8. The molecular weight excluding hydrogens is 387 g/mol. The van der Waals surface area contributed by atoms with Crippen LogP contribution in [0.4, 0.5) is 13.2 Å². The Morgan fingerprint density at radius 2 is 2.11 bits per heavy atom. The molecule has 9 heteroatoms. The number of rotatable bonds is 6. The Bertz CT molecular complexity index is 620. The SMILES string of the molecule is CN=C(NCC1CCCN(Cc2cccs2)C1)NC1CCN(CC(F)(F)F)C1. The molecule has 158 valence electrons. The molecule has 5 nitrogen and oxygen atoms in total. The quantitative estimate of drug-likeness (QED) is 0.552. The molecule has 3 heterocycles. The van der Waals surface area contributed by atoms with Crippen molar-refractivity contribution in [2.45, 2.75) is 38.0 Å². The van der Waals surface area contributed by atoms with Crippen LogP contribution >= 0.6 is 11.3 Å². The number of piperidine rings is 1. The van der Waals surface area contributed by atoms with E-state index in [1.54, 1.807) is 18.4 Å². The molecule has 0 aromatic carbocycles. The van der Waals surface area contributed by atoms with E-state index >= 15 is 0 Å². The number of halogens is 3. The second kappa shape index (κ2) is 9.93. The van der Waals surface area contributed by atoms with E-state index < -0.39 is 12.7 Å². The Balaban J connectivity index is 1.39. The molecular formula is C19H30F3N5S. The molecule has 1 aromatic heterocycles. The number of nitrogens with zero attached hydrogens (tertiary/aromatic N) is 3. The van der Waals surface area contributed by atoms with E-state index in [0.29, 0.717) is 31.4 Å². The number of aliphatic imine (C=N–C) groups is 1.